The van der Waals surface area contributed by atoms with Crippen LogP contribution in [0.1, 0.15) is 25.8 Å². The summed E-state index contributed by atoms with van der Waals surface area (Å²) >= 11 is 0. The first-order valence-electron chi connectivity index (χ1n) is 9.89. The lowest BCUT2D eigenvalue weighted by Crippen LogP contribution is -2.22. The smallest absolute Gasteiger partial charge is 0.243 e. The minimum absolute atomic E-state index is 0.103. The molecule has 0 fully saturated rings. The predicted octanol–water partition coefficient (Wildman–Crippen LogP) is 3.79. The summed E-state index contributed by atoms with van der Waals surface area (Å²) in [6.45, 7) is 4.95. The van der Waals surface area contributed by atoms with Crippen LogP contribution < -0.4 is 15.4 Å². The summed E-state index contributed by atoms with van der Waals surface area (Å²) in [5.41, 5.74) is 2.58. The van der Waals surface area contributed by atoms with E-state index in [0.717, 1.165) is 22.7 Å². The maximum atomic E-state index is 12.3. The molecular formula is C23H31N3O3. The van der Waals surface area contributed by atoms with Crippen LogP contribution >= 0.6 is 0 Å². The van der Waals surface area contributed by atoms with Gasteiger partial charge in [0.1, 0.15) is 5.75 Å². The molecule has 6 heteroatoms. The van der Waals surface area contributed by atoms with Gasteiger partial charge in [0.25, 0.3) is 0 Å². The van der Waals surface area contributed by atoms with Crippen molar-refractivity contribution >= 4 is 23.2 Å². The van der Waals surface area contributed by atoms with Gasteiger partial charge in [0.2, 0.25) is 11.8 Å². The molecular weight excluding hydrogens is 366 g/mol. The first-order chi connectivity index (χ1) is 13.8. The summed E-state index contributed by atoms with van der Waals surface area (Å²) in [4.78, 5) is 25.5. The maximum absolute atomic E-state index is 12.3. The van der Waals surface area contributed by atoms with E-state index < -0.39 is 0 Å². The van der Waals surface area contributed by atoms with Crippen molar-refractivity contribution in [2.24, 2.45) is 5.92 Å². The number of anilines is 2. The van der Waals surface area contributed by atoms with Gasteiger partial charge >= 0.3 is 0 Å². The zero-order valence-corrected chi connectivity index (χ0v) is 17.7. The van der Waals surface area contributed by atoms with Crippen molar-refractivity contribution in [3.63, 3.8) is 0 Å². The van der Waals surface area contributed by atoms with Crippen LogP contribution in [-0.2, 0) is 16.0 Å². The molecule has 6 nitrogen and oxygen atoms in total. The average Bonchev–Trinajstić information content (AvgIpc) is 2.70. The van der Waals surface area contributed by atoms with E-state index in [4.69, 9.17) is 4.74 Å². The van der Waals surface area contributed by atoms with Gasteiger partial charge in [-0.25, -0.2) is 0 Å². The molecule has 0 spiro atoms. The Morgan fingerprint density at radius 2 is 1.72 bits per heavy atom. The molecule has 0 unspecified atom stereocenters. The van der Waals surface area contributed by atoms with Crippen LogP contribution in [0.4, 0.5) is 11.4 Å². The predicted molar refractivity (Wildman–Crippen MR) is 117 cm³/mol. The number of hydrogen-bond acceptors (Lipinski definition) is 4. The summed E-state index contributed by atoms with van der Waals surface area (Å²) in [5, 5.41) is 6.01. The molecule has 0 aliphatic carbocycles. The van der Waals surface area contributed by atoms with Crippen LogP contribution in [0.25, 0.3) is 0 Å². The van der Waals surface area contributed by atoms with Gasteiger partial charge in [-0.3, -0.25) is 9.59 Å². The van der Waals surface area contributed by atoms with Crippen LogP contribution in [0.15, 0.2) is 48.5 Å². The number of rotatable bonds is 10. The highest BCUT2D eigenvalue weighted by Gasteiger charge is 2.08. The van der Waals surface area contributed by atoms with E-state index >= 15 is 0 Å². The average molecular weight is 398 g/mol. The van der Waals surface area contributed by atoms with E-state index in [9.17, 15) is 9.59 Å². The molecule has 0 aliphatic heterocycles. The summed E-state index contributed by atoms with van der Waals surface area (Å²) in [6, 6.07) is 15.2. The summed E-state index contributed by atoms with van der Waals surface area (Å²) in [6.07, 6.45) is 1.15. The molecule has 156 valence electrons. The second-order valence-electron chi connectivity index (χ2n) is 7.59. The molecule has 2 aromatic carbocycles. The topological polar surface area (TPSA) is 70.7 Å². The van der Waals surface area contributed by atoms with Crippen molar-refractivity contribution in [1.82, 2.24) is 4.90 Å². The standard InChI is InChI=1S/C23H31N3O3/c1-17(2)16-29-21-8-6-5-7-20(21)24-15-22(27)25-19-12-9-18(10-13-19)11-14-23(28)26(3)4/h5-10,12-13,17,24H,11,14-16H2,1-4H3,(H,25,27). The Bertz CT molecular complexity index is 801. The van der Waals surface area contributed by atoms with Crippen molar-refractivity contribution in [2.75, 3.05) is 37.9 Å². The van der Waals surface area contributed by atoms with E-state index in [-0.39, 0.29) is 18.4 Å². The Morgan fingerprint density at radius 1 is 1.03 bits per heavy atom. The van der Waals surface area contributed by atoms with Crippen LogP contribution in [-0.4, -0.2) is 44.0 Å². The van der Waals surface area contributed by atoms with E-state index in [0.29, 0.717) is 25.4 Å². The summed E-state index contributed by atoms with van der Waals surface area (Å²) in [7, 11) is 3.51. The highest BCUT2D eigenvalue weighted by atomic mass is 16.5. The third-order valence-electron chi connectivity index (χ3n) is 4.26. The van der Waals surface area contributed by atoms with Crippen molar-refractivity contribution in [3.8, 4) is 5.75 Å². The molecule has 0 heterocycles. The van der Waals surface area contributed by atoms with Crippen molar-refractivity contribution in [3.05, 3.63) is 54.1 Å². The van der Waals surface area contributed by atoms with Gasteiger partial charge in [0.15, 0.2) is 0 Å². The highest BCUT2D eigenvalue weighted by Crippen LogP contribution is 2.24. The summed E-state index contributed by atoms with van der Waals surface area (Å²) < 4.78 is 5.80. The van der Waals surface area contributed by atoms with Gasteiger partial charge in [0.05, 0.1) is 18.8 Å². The minimum atomic E-state index is -0.140. The largest absolute Gasteiger partial charge is 0.491 e. The second-order valence-corrected chi connectivity index (χ2v) is 7.59. The Kier molecular flexibility index (Phi) is 8.52. The molecule has 0 bridgehead atoms. The molecule has 0 saturated carbocycles. The Morgan fingerprint density at radius 3 is 2.38 bits per heavy atom. The Balaban J connectivity index is 1.83. The lowest BCUT2D eigenvalue weighted by Gasteiger charge is -2.14. The van der Waals surface area contributed by atoms with Crippen LogP contribution in [0, 0.1) is 5.92 Å². The zero-order chi connectivity index (χ0) is 21.2. The summed E-state index contributed by atoms with van der Waals surface area (Å²) in [5.74, 6) is 1.13. The number of aryl methyl sites for hydroxylation is 1. The number of ether oxygens (including phenoxy) is 1. The van der Waals surface area contributed by atoms with Gasteiger partial charge in [-0.1, -0.05) is 38.1 Å². The fourth-order valence-corrected chi connectivity index (χ4v) is 2.61. The number of amides is 2. The molecule has 0 aromatic heterocycles. The lowest BCUT2D eigenvalue weighted by atomic mass is 10.1. The quantitative estimate of drug-likeness (QED) is 0.640. The third-order valence-corrected chi connectivity index (χ3v) is 4.26. The number of hydrogen-bond donors (Lipinski definition) is 2. The number of carbonyl (C=O) groups excluding carboxylic acids is 2. The third kappa shape index (κ3) is 7.86. The van der Waals surface area contributed by atoms with Crippen molar-refractivity contribution in [1.29, 1.82) is 0 Å². The number of carbonyl (C=O) groups is 2. The zero-order valence-electron chi connectivity index (χ0n) is 17.7. The van der Waals surface area contributed by atoms with E-state index in [2.05, 4.69) is 24.5 Å². The van der Waals surface area contributed by atoms with Gasteiger partial charge in [-0.15, -0.1) is 0 Å². The SMILES string of the molecule is CC(C)COc1ccccc1NCC(=O)Nc1ccc(CCC(=O)N(C)C)cc1. The van der Waals surface area contributed by atoms with Gasteiger partial charge < -0.3 is 20.3 Å². The number of para-hydroxylation sites is 2. The van der Waals surface area contributed by atoms with Gasteiger partial charge in [-0.2, -0.15) is 0 Å². The molecule has 2 aromatic rings. The molecule has 0 radical (unpaired) electrons. The van der Waals surface area contributed by atoms with E-state index in [1.807, 2.05) is 48.5 Å². The minimum Gasteiger partial charge on any atom is -0.491 e. The monoisotopic (exact) mass is 397 g/mol. The van der Waals surface area contributed by atoms with E-state index in [1.165, 1.54) is 0 Å². The highest BCUT2D eigenvalue weighted by molar-refractivity contribution is 5.94. The molecule has 2 amide bonds. The van der Waals surface area contributed by atoms with E-state index in [1.54, 1.807) is 19.0 Å². The molecule has 29 heavy (non-hydrogen) atoms. The molecule has 2 rings (SSSR count). The van der Waals surface area contributed by atoms with Gasteiger partial charge in [0, 0.05) is 26.2 Å². The number of nitrogens with zero attached hydrogens (tertiary/aromatic N) is 1. The second kappa shape index (κ2) is 11.1. The van der Waals surface area contributed by atoms with Crippen LogP contribution in [0.3, 0.4) is 0 Å². The van der Waals surface area contributed by atoms with Gasteiger partial charge in [-0.05, 0) is 42.2 Å². The molecule has 2 N–H and O–H groups in total. The lowest BCUT2D eigenvalue weighted by molar-refractivity contribution is -0.128. The van der Waals surface area contributed by atoms with Crippen LogP contribution in [0.2, 0.25) is 0 Å². The molecule has 0 saturated heterocycles. The normalized spacial score (nSPS) is 10.5. The molecule has 0 atom stereocenters. The number of nitrogens with one attached hydrogen (secondary N) is 2. The first-order valence-corrected chi connectivity index (χ1v) is 9.89. The van der Waals surface area contributed by atoms with Crippen molar-refractivity contribution < 1.29 is 14.3 Å². The van der Waals surface area contributed by atoms with Crippen molar-refractivity contribution in [2.45, 2.75) is 26.7 Å². The molecule has 0 aliphatic rings. The fraction of sp³-hybridized carbons (Fsp3) is 0.391. The fourth-order valence-electron chi connectivity index (χ4n) is 2.61. The Labute approximate surface area is 173 Å². The maximum Gasteiger partial charge on any atom is 0.243 e. The first kappa shape index (κ1) is 22.3. The van der Waals surface area contributed by atoms with Crippen LogP contribution in [0.5, 0.6) is 5.75 Å². The number of benzene rings is 2. The Hall–Kier alpha value is -3.02.